The van der Waals surface area contributed by atoms with Gasteiger partial charge in [0.05, 0.1) is 24.8 Å². The van der Waals surface area contributed by atoms with Crippen molar-refractivity contribution in [1.82, 2.24) is 24.3 Å². The van der Waals surface area contributed by atoms with Gasteiger partial charge in [-0.2, -0.15) is 0 Å². The monoisotopic (exact) mass is 499 g/mol. The predicted octanol–water partition coefficient (Wildman–Crippen LogP) is 4.70. The first-order valence-corrected chi connectivity index (χ1v) is 11.1. The quantitative estimate of drug-likeness (QED) is 0.318. The topological polar surface area (TPSA) is 78.0 Å². The number of rotatable bonds is 5. The number of methoxy groups -OCH3 is 1. The molecule has 0 saturated carbocycles. The largest absolute Gasteiger partial charge is 0.495 e. The zero-order valence-electron chi connectivity index (χ0n) is 19.3. The third-order valence-electron chi connectivity index (χ3n) is 6.11. The molecule has 0 amide bonds. The van der Waals surface area contributed by atoms with Gasteiger partial charge in [0.1, 0.15) is 11.4 Å². The van der Waals surface area contributed by atoms with Crippen molar-refractivity contribution < 1.29 is 27.4 Å². The molecule has 5 rings (SSSR count). The zero-order chi connectivity index (χ0) is 25.6. The van der Waals surface area contributed by atoms with Crippen molar-refractivity contribution in [3.63, 3.8) is 0 Å². The van der Waals surface area contributed by atoms with Crippen LogP contribution in [0, 0.1) is 24.4 Å². The Bertz CT molecular complexity index is 1470. The van der Waals surface area contributed by atoms with Gasteiger partial charge in [-0.1, -0.05) is 6.07 Å². The predicted molar refractivity (Wildman–Crippen MR) is 122 cm³/mol. The van der Waals surface area contributed by atoms with Crippen molar-refractivity contribution in [3.8, 4) is 11.4 Å². The first kappa shape index (κ1) is 23.7. The van der Waals surface area contributed by atoms with Gasteiger partial charge in [0.15, 0.2) is 29.1 Å². The maximum absolute atomic E-state index is 15.2. The van der Waals surface area contributed by atoms with Gasteiger partial charge in [-0.15, -0.1) is 5.10 Å². The molecule has 0 spiro atoms. The number of nitrogens with zero attached hydrogens (tertiary/aromatic N) is 5. The van der Waals surface area contributed by atoms with Crippen LogP contribution in [-0.2, 0) is 12.1 Å². The summed E-state index contributed by atoms with van der Waals surface area (Å²) in [5.41, 5.74) is -0.176. The van der Waals surface area contributed by atoms with Gasteiger partial charge >= 0.3 is 0 Å². The molecule has 1 atom stereocenters. The first-order chi connectivity index (χ1) is 17.2. The minimum absolute atomic E-state index is 0.0490. The fourth-order valence-electron chi connectivity index (χ4n) is 4.33. The first-order valence-electron chi connectivity index (χ1n) is 11.1. The number of benzene rings is 2. The number of halogens is 4. The summed E-state index contributed by atoms with van der Waals surface area (Å²) in [6.07, 6.45) is 5.11. The van der Waals surface area contributed by atoms with Gasteiger partial charge in [0.25, 0.3) is 0 Å². The highest BCUT2D eigenvalue weighted by Gasteiger charge is 2.41. The number of fused-ring (bicyclic) bond motifs is 1. The summed E-state index contributed by atoms with van der Waals surface area (Å²) >= 11 is 0. The van der Waals surface area contributed by atoms with Crippen molar-refractivity contribution in [1.29, 1.82) is 0 Å². The van der Waals surface area contributed by atoms with Crippen LogP contribution in [0.2, 0.25) is 0 Å². The van der Waals surface area contributed by atoms with Crippen LogP contribution in [-0.4, -0.2) is 36.5 Å². The molecule has 0 saturated heterocycles. The van der Waals surface area contributed by atoms with Crippen LogP contribution < -0.4 is 4.74 Å². The molecule has 0 fully saturated rings. The standard InChI is InChI=1S/C25H21F4N5O2/c1-14-12-33(13-30-14)20-5-4-15(9-21(20)36-2)8-19(28)23-31-24-25(35,6-3-7-34(24)32-23)16-10-17(26)22(29)18(27)11-16/h4-5,8-13,35H,3,6-7H2,1-2H3. The number of ether oxygens (including phenoxy) is 1. The Morgan fingerprint density at radius 1 is 1.17 bits per heavy atom. The molecule has 2 aromatic carbocycles. The summed E-state index contributed by atoms with van der Waals surface area (Å²) in [6.45, 7) is 2.17. The van der Waals surface area contributed by atoms with E-state index in [2.05, 4.69) is 15.1 Å². The van der Waals surface area contributed by atoms with Crippen molar-refractivity contribution >= 4 is 11.9 Å². The third-order valence-corrected chi connectivity index (χ3v) is 6.11. The molecule has 2 aromatic heterocycles. The number of hydrogen-bond acceptors (Lipinski definition) is 5. The van der Waals surface area contributed by atoms with E-state index in [0.29, 0.717) is 36.4 Å². The lowest BCUT2D eigenvalue weighted by molar-refractivity contribution is 0.0387. The van der Waals surface area contributed by atoms with Gasteiger partial charge < -0.3 is 14.4 Å². The molecule has 1 aliphatic heterocycles. The molecule has 186 valence electrons. The molecule has 1 unspecified atom stereocenters. The van der Waals surface area contributed by atoms with E-state index in [1.54, 1.807) is 29.1 Å². The van der Waals surface area contributed by atoms with E-state index < -0.39 is 28.9 Å². The summed E-state index contributed by atoms with van der Waals surface area (Å²) in [5.74, 6) is -5.21. The molecule has 1 N–H and O–H groups in total. The number of imidazole rings is 1. The molecule has 0 radical (unpaired) electrons. The Balaban J connectivity index is 1.50. The van der Waals surface area contributed by atoms with E-state index in [-0.39, 0.29) is 23.6 Å². The smallest absolute Gasteiger partial charge is 0.210 e. The average Bonchev–Trinajstić information content (AvgIpc) is 3.49. The number of aromatic nitrogens is 5. The second-order valence-electron chi connectivity index (χ2n) is 8.55. The Morgan fingerprint density at radius 2 is 1.92 bits per heavy atom. The molecule has 0 aliphatic carbocycles. The fraction of sp³-hybridized carbons (Fsp3) is 0.240. The van der Waals surface area contributed by atoms with Crippen molar-refractivity contribution in [2.75, 3.05) is 7.11 Å². The lowest BCUT2D eigenvalue weighted by atomic mass is 9.86. The van der Waals surface area contributed by atoms with E-state index in [1.807, 2.05) is 13.1 Å². The summed E-state index contributed by atoms with van der Waals surface area (Å²) in [4.78, 5) is 8.34. The van der Waals surface area contributed by atoms with Crippen molar-refractivity contribution in [2.24, 2.45) is 0 Å². The summed E-state index contributed by atoms with van der Waals surface area (Å²) in [6, 6.07) is 6.50. The van der Waals surface area contributed by atoms with E-state index in [1.165, 1.54) is 17.9 Å². The maximum Gasteiger partial charge on any atom is 0.210 e. The lowest BCUT2D eigenvalue weighted by Crippen LogP contribution is -2.36. The molecule has 7 nitrogen and oxygen atoms in total. The van der Waals surface area contributed by atoms with Gasteiger partial charge in [-0.05, 0) is 61.2 Å². The van der Waals surface area contributed by atoms with Crippen LogP contribution in [0.15, 0.2) is 42.9 Å². The molecule has 36 heavy (non-hydrogen) atoms. The van der Waals surface area contributed by atoms with Crippen LogP contribution in [0.3, 0.4) is 0 Å². The molecular weight excluding hydrogens is 478 g/mol. The van der Waals surface area contributed by atoms with Crippen molar-refractivity contribution in [3.05, 3.63) is 88.8 Å². The van der Waals surface area contributed by atoms with Gasteiger partial charge in [0.2, 0.25) is 5.82 Å². The Labute approximate surface area is 203 Å². The third kappa shape index (κ3) is 4.05. The number of aliphatic hydroxyl groups is 1. The molecular formula is C25H21F4N5O2. The Hall–Kier alpha value is -3.99. The Morgan fingerprint density at radius 3 is 2.58 bits per heavy atom. The van der Waals surface area contributed by atoms with Gasteiger partial charge in [-0.25, -0.2) is 32.2 Å². The zero-order valence-corrected chi connectivity index (χ0v) is 19.3. The van der Waals surface area contributed by atoms with E-state index in [9.17, 15) is 18.3 Å². The highest BCUT2D eigenvalue weighted by Crippen LogP contribution is 2.38. The van der Waals surface area contributed by atoms with Crippen LogP contribution in [0.4, 0.5) is 17.6 Å². The van der Waals surface area contributed by atoms with E-state index in [0.717, 1.165) is 11.4 Å². The summed E-state index contributed by atoms with van der Waals surface area (Å²) in [7, 11) is 1.50. The molecule has 0 bridgehead atoms. The molecule has 3 heterocycles. The second-order valence-corrected chi connectivity index (χ2v) is 8.55. The van der Waals surface area contributed by atoms with Gasteiger partial charge in [-0.3, -0.25) is 0 Å². The number of aryl methyl sites for hydroxylation is 2. The second kappa shape index (κ2) is 8.90. The minimum atomic E-state index is -1.97. The molecule has 11 heteroatoms. The summed E-state index contributed by atoms with van der Waals surface area (Å²) in [5, 5.41) is 15.4. The van der Waals surface area contributed by atoms with Gasteiger partial charge in [0, 0.05) is 12.7 Å². The minimum Gasteiger partial charge on any atom is -0.495 e. The fourth-order valence-corrected chi connectivity index (χ4v) is 4.33. The van der Waals surface area contributed by atoms with Crippen molar-refractivity contribution in [2.45, 2.75) is 31.9 Å². The maximum atomic E-state index is 15.2. The van der Waals surface area contributed by atoms with Crippen LogP contribution in [0.5, 0.6) is 5.75 Å². The van der Waals surface area contributed by atoms with Crippen LogP contribution in [0.25, 0.3) is 17.6 Å². The SMILES string of the molecule is COc1cc(C=C(F)c2nc3n(n2)CCCC3(O)c2cc(F)c(F)c(F)c2)ccc1-n1cnc(C)c1. The molecule has 4 aromatic rings. The highest BCUT2D eigenvalue weighted by molar-refractivity contribution is 5.75. The highest BCUT2D eigenvalue weighted by atomic mass is 19.2. The van der Waals surface area contributed by atoms with Crippen LogP contribution >= 0.6 is 0 Å². The Kier molecular flexibility index (Phi) is 5.87. The summed E-state index contributed by atoms with van der Waals surface area (Å²) < 4.78 is 64.9. The van der Waals surface area contributed by atoms with Crippen LogP contribution in [0.1, 0.15) is 41.3 Å². The number of hydrogen-bond donors (Lipinski definition) is 1. The van der Waals surface area contributed by atoms with E-state index in [4.69, 9.17) is 4.74 Å². The molecule has 1 aliphatic rings. The average molecular weight is 499 g/mol. The lowest BCUT2D eigenvalue weighted by Gasteiger charge is -2.31. The van der Waals surface area contributed by atoms with E-state index >= 15 is 4.39 Å². The normalized spacial score (nSPS) is 17.8.